The summed E-state index contributed by atoms with van der Waals surface area (Å²) in [5.74, 6) is -0.468. The Morgan fingerprint density at radius 2 is 1.24 bits per heavy atom. The van der Waals surface area contributed by atoms with Crippen LogP contribution in [0.5, 0.6) is 0 Å². The van der Waals surface area contributed by atoms with Gasteiger partial charge >= 0.3 is 0 Å². The average molecular weight is 466 g/mol. The quantitative estimate of drug-likeness (QED) is 0.314. The number of amides is 2. The maximum absolute atomic E-state index is 12.5. The first kappa shape index (κ1) is 22.9. The molecule has 5 nitrogen and oxygen atoms in total. The summed E-state index contributed by atoms with van der Waals surface area (Å²) in [5.41, 5.74) is 5.61. The van der Waals surface area contributed by atoms with Gasteiger partial charge < -0.3 is 10.6 Å². The van der Waals surface area contributed by atoms with Gasteiger partial charge in [0.15, 0.2) is 5.11 Å². The van der Waals surface area contributed by atoms with Crippen LogP contribution in [0.15, 0.2) is 103 Å². The van der Waals surface area contributed by atoms with Gasteiger partial charge in [-0.15, -0.1) is 0 Å². The average Bonchev–Trinajstić information content (AvgIpc) is 2.86. The zero-order valence-corrected chi connectivity index (χ0v) is 19.4. The van der Waals surface area contributed by atoms with E-state index in [0.717, 1.165) is 16.7 Å². The number of carbonyl (C=O) groups excluding carboxylic acids is 2. The van der Waals surface area contributed by atoms with Gasteiger partial charge in [-0.3, -0.25) is 14.9 Å². The Morgan fingerprint density at radius 1 is 0.618 bits per heavy atom. The van der Waals surface area contributed by atoms with Crippen molar-refractivity contribution in [3.63, 3.8) is 0 Å². The molecule has 0 aliphatic carbocycles. The fourth-order valence-electron chi connectivity index (χ4n) is 3.41. The van der Waals surface area contributed by atoms with E-state index in [-0.39, 0.29) is 16.9 Å². The Balaban J connectivity index is 1.31. The second-order valence-electron chi connectivity index (χ2n) is 7.75. The van der Waals surface area contributed by atoms with E-state index in [4.69, 9.17) is 12.2 Å². The molecule has 0 unspecified atom stereocenters. The van der Waals surface area contributed by atoms with Crippen LogP contribution in [0.4, 0.5) is 11.4 Å². The Labute approximate surface area is 203 Å². The first-order valence-corrected chi connectivity index (χ1v) is 11.1. The number of aryl methyl sites for hydroxylation is 1. The normalized spacial score (nSPS) is 10.3. The second kappa shape index (κ2) is 10.6. The zero-order chi connectivity index (χ0) is 23.9. The summed E-state index contributed by atoms with van der Waals surface area (Å²) in [6.07, 6.45) is 0. The molecule has 4 aromatic carbocycles. The van der Waals surface area contributed by atoms with Crippen molar-refractivity contribution >= 4 is 40.5 Å². The standard InChI is InChI=1S/C28H23N3O2S/c1-19-6-5-9-23(18-19)27(33)29-24-14-16-25(17-15-24)30-28(34)31-26(32)22-12-10-21(11-13-22)20-7-3-2-4-8-20/h2-18H,1H3,(H,29,33)(H2,30,31,32,34). The monoisotopic (exact) mass is 465 g/mol. The third-order valence-electron chi connectivity index (χ3n) is 5.16. The molecule has 3 N–H and O–H groups in total. The third-order valence-corrected chi connectivity index (χ3v) is 5.37. The summed E-state index contributed by atoms with van der Waals surface area (Å²) in [4.78, 5) is 24.9. The van der Waals surface area contributed by atoms with Crippen LogP contribution in [0.2, 0.25) is 0 Å². The van der Waals surface area contributed by atoms with Gasteiger partial charge in [0.2, 0.25) is 0 Å². The number of thiocarbonyl (C=S) groups is 1. The van der Waals surface area contributed by atoms with Crippen LogP contribution in [-0.2, 0) is 0 Å². The molecule has 0 aliphatic heterocycles. The molecular formula is C28H23N3O2S. The van der Waals surface area contributed by atoms with Crippen molar-refractivity contribution in [1.29, 1.82) is 0 Å². The molecule has 0 saturated heterocycles. The summed E-state index contributed by atoms with van der Waals surface area (Å²) in [6, 6.07) is 31.8. The Kier molecular flexibility index (Phi) is 7.10. The fourth-order valence-corrected chi connectivity index (χ4v) is 3.62. The van der Waals surface area contributed by atoms with Gasteiger partial charge in [0.05, 0.1) is 0 Å². The molecule has 0 heterocycles. The summed E-state index contributed by atoms with van der Waals surface area (Å²) >= 11 is 5.28. The highest BCUT2D eigenvalue weighted by Crippen LogP contribution is 2.19. The summed E-state index contributed by atoms with van der Waals surface area (Å²) in [7, 11) is 0. The molecule has 0 saturated carbocycles. The molecule has 0 spiro atoms. The lowest BCUT2D eigenvalue weighted by molar-refractivity contribution is 0.0976. The highest BCUT2D eigenvalue weighted by Gasteiger charge is 2.09. The van der Waals surface area contributed by atoms with Gasteiger partial charge in [-0.25, -0.2) is 0 Å². The molecule has 0 aromatic heterocycles. The van der Waals surface area contributed by atoms with E-state index in [1.54, 1.807) is 42.5 Å². The van der Waals surface area contributed by atoms with Gasteiger partial charge in [-0.05, 0) is 78.8 Å². The highest BCUT2D eigenvalue weighted by molar-refractivity contribution is 7.80. The molecule has 0 bridgehead atoms. The molecule has 0 radical (unpaired) electrons. The molecule has 34 heavy (non-hydrogen) atoms. The molecule has 0 atom stereocenters. The molecule has 4 aromatic rings. The maximum Gasteiger partial charge on any atom is 0.257 e. The third kappa shape index (κ3) is 5.94. The molecular weight excluding hydrogens is 442 g/mol. The molecule has 2 amide bonds. The minimum Gasteiger partial charge on any atom is -0.332 e. The van der Waals surface area contributed by atoms with Crippen LogP contribution in [0.1, 0.15) is 26.3 Å². The minimum absolute atomic E-state index is 0.175. The first-order chi connectivity index (χ1) is 16.5. The SMILES string of the molecule is Cc1cccc(C(=O)Nc2ccc(NC(=S)NC(=O)c3ccc(-c4ccccc4)cc3)cc2)c1. The van der Waals surface area contributed by atoms with Crippen molar-refractivity contribution in [2.24, 2.45) is 0 Å². The number of hydrogen-bond donors (Lipinski definition) is 3. The van der Waals surface area contributed by atoms with E-state index in [9.17, 15) is 9.59 Å². The highest BCUT2D eigenvalue weighted by atomic mass is 32.1. The van der Waals surface area contributed by atoms with E-state index in [0.29, 0.717) is 22.5 Å². The van der Waals surface area contributed by atoms with Crippen molar-refractivity contribution in [1.82, 2.24) is 5.32 Å². The van der Waals surface area contributed by atoms with Gasteiger partial charge in [0, 0.05) is 22.5 Å². The topological polar surface area (TPSA) is 70.2 Å². The van der Waals surface area contributed by atoms with E-state index >= 15 is 0 Å². The lowest BCUT2D eigenvalue weighted by atomic mass is 10.0. The van der Waals surface area contributed by atoms with E-state index < -0.39 is 0 Å². The van der Waals surface area contributed by atoms with Crippen LogP contribution in [0.25, 0.3) is 11.1 Å². The van der Waals surface area contributed by atoms with Gasteiger partial charge in [0.25, 0.3) is 11.8 Å². The first-order valence-electron chi connectivity index (χ1n) is 10.7. The van der Waals surface area contributed by atoms with Crippen molar-refractivity contribution in [3.05, 3.63) is 120 Å². The maximum atomic E-state index is 12.5. The number of nitrogens with one attached hydrogen (secondary N) is 3. The van der Waals surface area contributed by atoms with Gasteiger partial charge in [-0.2, -0.15) is 0 Å². The summed E-state index contributed by atoms with van der Waals surface area (Å²) in [5, 5.41) is 8.73. The smallest absolute Gasteiger partial charge is 0.257 e. The van der Waals surface area contributed by atoms with Crippen LogP contribution in [-0.4, -0.2) is 16.9 Å². The number of carbonyl (C=O) groups is 2. The number of benzene rings is 4. The van der Waals surface area contributed by atoms with Crippen LogP contribution in [0, 0.1) is 6.92 Å². The molecule has 168 valence electrons. The van der Waals surface area contributed by atoms with Gasteiger partial charge in [-0.1, -0.05) is 60.2 Å². The van der Waals surface area contributed by atoms with Crippen LogP contribution in [0.3, 0.4) is 0 Å². The van der Waals surface area contributed by atoms with Gasteiger partial charge in [0.1, 0.15) is 0 Å². The Hall–Kier alpha value is -4.29. The number of anilines is 2. The molecule has 0 aliphatic rings. The molecule has 6 heteroatoms. The van der Waals surface area contributed by atoms with Crippen molar-refractivity contribution in [2.45, 2.75) is 6.92 Å². The second-order valence-corrected chi connectivity index (χ2v) is 8.16. The molecule has 4 rings (SSSR count). The van der Waals surface area contributed by atoms with E-state index in [1.165, 1.54) is 0 Å². The Morgan fingerprint density at radius 3 is 1.88 bits per heavy atom. The summed E-state index contributed by atoms with van der Waals surface area (Å²) in [6.45, 7) is 1.94. The van der Waals surface area contributed by atoms with Crippen molar-refractivity contribution < 1.29 is 9.59 Å². The van der Waals surface area contributed by atoms with Crippen molar-refractivity contribution in [2.75, 3.05) is 10.6 Å². The predicted octanol–water partition coefficient (Wildman–Crippen LogP) is 6.04. The van der Waals surface area contributed by atoms with Crippen molar-refractivity contribution in [3.8, 4) is 11.1 Å². The lowest BCUT2D eigenvalue weighted by Crippen LogP contribution is -2.34. The minimum atomic E-state index is -0.292. The zero-order valence-electron chi connectivity index (χ0n) is 18.5. The number of hydrogen-bond acceptors (Lipinski definition) is 3. The van der Waals surface area contributed by atoms with E-state index in [2.05, 4.69) is 16.0 Å². The Bertz CT molecular complexity index is 1320. The number of rotatable bonds is 5. The molecule has 0 fully saturated rings. The predicted molar refractivity (Wildman–Crippen MR) is 141 cm³/mol. The fraction of sp³-hybridized carbons (Fsp3) is 0.0357. The lowest BCUT2D eigenvalue weighted by Gasteiger charge is -2.11. The van der Waals surface area contributed by atoms with E-state index in [1.807, 2.05) is 67.6 Å². The van der Waals surface area contributed by atoms with Crippen LogP contribution < -0.4 is 16.0 Å². The van der Waals surface area contributed by atoms with Crippen LogP contribution >= 0.6 is 12.2 Å². The summed E-state index contributed by atoms with van der Waals surface area (Å²) < 4.78 is 0. The largest absolute Gasteiger partial charge is 0.332 e.